The van der Waals surface area contributed by atoms with Crippen molar-refractivity contribution in [1.82, 2.24) is 10.6 Å². The largest absolute Gasteiger partial charge is 0.382 e. The summed E-state index contributed by atoms with van der Waals surface area (Å²) in [6.07, 6.45) is 10.9. The van der Waals surface area contributed by atoms with E-state index < -0.39 is 0 Å². The Morgan fingerprint density at radius 1 is 0.355 bits per heavy atom. The molecule has 0 saturated heterocycles. The van der Waals surface area contributed by atoms with Gasteiger partial charge >= 0.3 is 0 Å². The van der Waals surface area contributed by atoms with Gasteiger partial charge < -0.3 is 39.1 Å². The minimum Gasteiger partial charge on any atom is -0.382 e. The number of methoxy groups -OCH3 is 2. The van der Waals surface area contributed by atoms with Crippen LogP contribution in [0.5, 0.6) is 0 Å². The summed E-state index contributed by atoms with van der Waals surface area (Å²) in [5, 5.41) is 6.22. The Kier molecular flexibility index (Phi) is 86.7. The van der Waals surface area contributed by atoms with E-state index in [4.69, 9.17) is 28.4 Å². The highest BCUT2D eigenvalue weighted by atomic mass is 16.6. The molecule has 0 aliphatic heterocycles. The average molecular weight is 877 g/mol. The Bertz CT molecular complexity index is 1030. The van der Waals surface area contributed by atoms with Gasteiger partial charge in [-0.1, -0.05) is 186 Å². The normalized spacial score (nSPS) is 9.15. The number of hydrogen-bond acceptors (Lipinski definition) is 8. The predicted molar refractivity (Wildman–Crippen MR) is 275 cm³/mol. The molecule has 3 aromatic carbocycles. The summed E-state index contributed by atoms with van der Waals surface area (Å²) in [5.74, 6) is 0. The maximum atomic E-state index is 5.33. The Hall–Kier alpha value is -2.66. The number of hydrogen-bond donors (Lipinski definition) is 2. The Morgan fingerprint density at radius 3 is 0.968 bits per heavy atom. The fourth-order valence-corrected chi connectivity index (χ4v) is 4.36. The zero-order chi connectivity index (χ0) is 47.8. The SMILES string of the molecule is CC.CC.CC.CC.CCCCOCCOC.CCCCOCCOCCOCCOC.CCCCc1ccccc1.CNCCCc1ccccc1.CNCc1ccccc1. The molecule has 0 fully saturated rings. The molecule has 8 heteroatoms. The summed E-state index contributed by atoms with van der Waals surface area (Å²) in [7, 11) is 7.29. The second kappa shape index (κ2) is 75.7. The van der Waals surface area contributed by atoms with Crippen molar-refractivity contribution in [2.75, 3.05) is 101 Å². The highest BCUT2D eigenvalue weighted by molar-refractivity contribution is 5.15. The molecule has 0 saturated carbocycles. The van der Waals surface area contributed by atoms with E-state index in [1.807, 2.05) is 87.7 Å². The minimum atomic E-state index is 0.623. The maximum Gasteiger partial charge on any atom is 0.0701 e. The van der Waals surface area contributed by atoms with Crippen molar-refractivity contribution in [3.05, 3.63) is 108 Å². The van der Waals surface area contributed by atoms with Crippen LogP contribution in [0.2, 0.25) is 0 Å². The molecule has 2 N–H and O–H groups in total. The van der Waals surface area contributed by atoms with Crippen molar-refractivity contribution in [3.63, 3.8) is 0 Å². The van der Waals surface area contributed by atoms with Crippen LogP contribution >= 0.6 is 0 Å². The van der Waals surface area contributed by atoms with Gasteiger partial charge in [0.15, 0.2) is 0 Å². The van der Waals surface area contributed by atoms with E-state index in [1.54, 1.807) is 14.2 Å². The number of aryl methyl sites for hydroxylation is 2. The molecule has 0 atom stereocenters. The van der Waals surface area contributed by atoms with Gasteiger partial charge in [0, 0.05) is 34.0 Å². The lowest BCUT2D eigenvalue weighted by Crippen LogP contribution is -2.11. The van der Waals surface area contributed by atoms with Crippen LogP contribution in [0.3, 0.4) is 0 Å². The number of rotatable bonds is 27. The van der Waals surface area contributed by atoms with Crippen molar-refractivity contribution in [3.8, 4) is 0 Å². The van der Waals surface area contributed by atoms with Crippen LogP contribution in [0.25, 0.3) is 0 Å². The lowest BCUT2D eigenvalue weighted by Gasteiger charge is -2.06. The molecule has 62 heavy (non-hydrogen) atoms. The van der Waals surface area contributed by atoms with E-state index in [0.717, 1.165) is 45.8 Å². The Labute approximate surface area is 387 Å². The summed E-state index contributed by atoms with van der Waals surface area (Å²) >= 11 is 0. The molecule has 0 heterocycles. The van der Waals surface area contributed by atoms with E-state index in [0.29, 0.717) is 46.2 Å². The highest BCUT2D eigenvalue weighted by Crippen LogP contribution is 2.03. The number of ether oxygens (including phenoxy) is 6. The second-order valence-corrected chi connectivity index (χ2v) is 12.4. The minimum absolute atomic E-state index is 0.623. The third kappa shape index (κ3) is 69.1. The number of nitrogens with one attached hydrogen (secondary N) is 2. The van der Waals surface area contributed by atoms with Crippen LogP contribution in [-0.4, -0.2) is 101 Å². The molecule has 0 radical (unpaired) electrons. The first-order chi connectivity index (χ1) is 30.6. The lowest BCUT2D eigenvalue weighted by molar-refractivity contribution is 0.00337. The Morgan fingerprint density at radius 2 is 0.661 bits per heavy atom. The molecule has 366 valence electrons. The lowest BCUT2D eigenvalue weighted by atomic mass is 10.1. The van der Waals surface area contributed by atoms with Crippen LogP contribution in [-0.2, 0) is 47.8 Å². The van der Waals surface area contributed by atoms with Gasteiger partial charge in [-0.15, -0.1) is 0 Å². The van der Waals surface area contributed by atoms with Gasteiger partial charge in [-0.3, -0.25) is 0 Å². The highest BCUT2D eigenvalue weighted by Gasteiger charge is 1.92. The molecule has 0 aliphatic carbocycles. The van der Waals surface area contributed by atoms with E-state index in [2.05, 4.69) is 104 Å². The molecule has 0 unspecified atom stereocenters. The maximum absolute atomic E-state index is 5.33. The molecule has 0 aromatic heterocycles. The summed E-state index contributed by atoms with van der Waals surface area (Å²) in [4.78, 5) is 0. The zero-order valence-corrected chi connectivity index (χ0v) is 43.5. The van der Waals surface area contributed by atoms with Gasteiger partial charge in [0.05, 0.1) is 52.9 Å². The summed E-state index contributed by atoms with van der Waals surface area (Å²) in [5.41, 5.74) is 4.23. The van der Waals surface area contributed by atoms with E-state index in [9.17, 15) is 0 Å². The van der Waals surface area contributed by atoms with Gasteiger partial charge in [-0.25, -0.2) is 0 Å². The number of unbranched alkanes of at least 4 members (excludes halogenated alkanes) is 3. The van der Waals surface area contributed by atoms with Gasteiger partial charge in [0.2, 0.25) is 0 Å². The molecule has 8 nitrogen and oxygen atoms in total. The van der Waals surface area contributed by atoms with Crippen LogP contribution in [0, 0.1) is 0 Å². The monoisotopic (exact) mass is 877 g/mol. The van der Waals surface area contributed by atoms with E-state index in [-0.39, 0.29) is 0 Å². The van der Waals surface area contributed by atoms with Crippen molar-refractivity contribution < 1.29 is 28.4 Å². The summed E-state index contributed by atoms with van der Waals surface area (Å²) in [6.45, 7) is 31.6. The van der Waals surface area contributed by atoms with Crippen LogP contribution < -0.4 is 10.6 Å². The van der Waals surface area contributed by atoms with Gasteiger partial charge in [-0.05, 0) is 75.9 Å². The molecule has 3 aromatic rings. The molecule has 0 amide bonds. The van der Waals surface area contributed by atoms with Crippen molar-refractivity contribution in [2.24, 2.45) is 0 Å². The van der Waals surface area contributed by atoms with Gasteiger partial charge in [-0.2, -0.15) is 0 Å². The first-order valence-corrected chi connectivity index (χ1v) is 24.3. The molecular weight excluding hydrogens is 773 g/mol. The predicted octanol–water partition coefficient (Wildman–Crippen LogP) is 13.3. The topological polar surface area (TPSA) is 79.4 Å². The molecule has 0 spiro atoms. The quantitative estimate of drug-likeness (QED) is 0.0733. The second-order valence-electron chi connectivity index (χ2n) is 12.4. The molecule has 0 bridgehead atoms. The smallest absolute Gasteiger partial charge is 0.0701 e. The standard InChI is InChI=1S/C11H24O4.C10H15N.C10H14.C8H11N.C7H16O2.4C2H6/c1-3-4-5-13-8-9-15-11-10-14-7-6-12-2;1-11-9-5-8-10-6-3-2-4-7-10;1-2-3-7-10-8-5-4-6-9-10;1-9-7-8-5-3-2-4-6-8;1-3-4-5-9-7-6-8-2;4*1-2/h3-11H2,1-2H3;2-4,6-7,11H,5,8-9H2,1H3;4-6,8-9H,2-3,7H2,1H3;2-6,9H,7H2,1H3;3-7H2,1-2H3;4*1-2H3. The third-order valence-electron chi connectivity index (χ3n) is 7.51. The third-order valence-corrected chi connectivity index (χ3v) is 7.51. The van der Waals surface area contributed by atoms with Crippen LogP contribution in [0.4, 0.5) is 0 Å². The fourth-order valence-electron chi connectivity index (χ4n) is 4.36. The zero-order valence-electron chi connectivity index (χ0n) is 43.5. The molecule has 3 rings (SSSR count). The van der Waals surface area contributed by atoms with Crippen LogP contribution in [0.15, 0.2) is 91.0 Å². The number of benzene rings is 3. The van der Waals surface area contributed by atoms with Crippen molar-refractivity contribution in [2.45, 2.75) is 140 Å². The van der Waals surface area contributed by atoms with Crippen LogP contribution in [0.1, 0.15) is 138 Å². The van der Waals surface area contributed by atoms with Crippen molar-refractivity contribution in [1.29, 1.82) is 0 Å². The average Bonchev–Trinajstić information content (AvgIpc) is 3.35. The molecule has 0 aliphatic rings. The molecular formula is C54H104N2O6. The fraction of sp³-hybridized carbons (Fsp3) is 0.667. The first-order valence-electron chi connectivity index (χ1n) is 24.3. The van der Waals surface area contributed by atoms with Gasteiger partial charge in [0.1, 0.15) is 0 Å². The van der Waals surface area contributed by atoms with E-state index in [1.165, 1.54) is 61.6 Å². The summed E-state index contributed by atoms with van der Waals surface area (Å²) < 4.78 is 30.7. The summed E-state index contributed by atoms with van der Waals surface area (Å²) in [6, 6.07) is 31.6. The Balaban J connectivity index is -0.000000153. The van der Waals surface area contributed by atoms with E-state index >= 15 is 0 Å². The van der Waals surface area contributed by atoms with Gasteiger partial charge in [0.25, 0.3) is 0 Å². The van der Waals surface area contributed by atoms with Crippen molar-refractivity contribution >= 4 is 0 Å². The first kappa shape index (κ1) is 71.0.